The van der Waals surface area contributed by atoms with Gasteiger partial charge in [-0.2, -0.15) is 11.8 Å². The third-order valence-corrected chi connectivity index (χ3v) is 10.6. The van der Waals surface area contributed by atoms with Crippen LogP contribution >= 0.6 is 23.1 Å². The lowest BCUT2D eigenvalue weighted by Gasteiger charge is -2.37. The first-order chi connectivity index (χ1) is 20.1. The number of aryl methyl sites for hydroxylation is 1. The SMILES string of the molecule is Cc1ncsc1-c1ccc(CNC(=O)C2CCCN2C(=O)C(NC(=O)C2(F)CC2)C(C)(C)SCCCCCCN)cc1. The Hall–Kier alpha value is -2.50. The van der Waals surface area contributed by atoms with Gasteiger partial charge >= 0.3 is 0 Å². The van der Waals surface area contributed by atoms with Gasteiger partial charge in [0, 0.05) is 17.8 Å². The van der Waals surface area contributed by atoms with Crippen molar-refractivity contribution in [1.82, 2.24) is 20.5 Å². The predicted octanol–water partition coefficient (Wildman–Crippen LogP) is 4.74. The minimum absolute atomic E-state index is 0.175. The van der Waals surface area contributed by atoms with Crippen molar-refractivity contribution in [1.29, 1.82) is 0 Å². The average Bonchev–Trinajstić information content (AvgIpc) is 3.33. The zero-order valence-electron chi connectivity index (χ0n) is 24.9. The molecule has 8 nitrogen and oxygen atoms in total. The van der Waals surface area contributed by atoms with Crippen LogP contribution in [0.5, 0.6) is 0 Å². The van der Waals surface area contributed by atoms with E-state index >= 15 is 0 Å². The highest BCUT2D eigenvalue weighted by atomic mass is 32.2. The molecule has 2 atom stereocenters. The second-order valence-electron chi connectivity index (χ2n) is 11.9. The zero-order chi connectivity index (χ0) is 30.3. The van der Waals surface area contributed by atoms with Gasteiger partial charge in [-0.15, -0.1) is 11.3 Å². The summed E-state index contributed by atoms with van der Waals surface area (Å²) in [5.41, 5.74) is 8.56. The number of carbonyl (C=O) groups excluding carboxylic acids is 3. The number of rotatable bonds is 15. The van der Waals surface area contributed by atoms with Gasteiger partial charge in [0.1, 0.15) is 12.1 Å². The van der Waals surface area contributed by atoms with Crippen molar-refractivity contribution < 1.29 is 18.8 Å². The fraction of sp³-hybridized carbons (Fsp3) is 0.613. The van der Waals surface area contributed by atoms with Crippen LogP contribution in [0.25, 0.3) is 10.4 Å². The first-order valence-electron chi connectivity index (χ1n) is 15.0. The molecule has 1 aromatic heterocycles. The summed E-state index contributed by atoms with van der Waals surface area (Å²) in [5.74, 6) is -0.462. The van der Waals surface area contributed by atoms with Crippen LogP contribution in [0.1, 0.15) is 76.5 Å². The highest BCUT2D eigenvalue weighted by Gasteiger charge is 2.53. The number of benzene rings is 1. The van der Waals surface area contributed by atoms with Crippen LogP contribution in [0.4, 0.5) is 4.39 Å². The number of carbonyl (C=O) groups is 3. The summed E-state index contributed by atoms with van der Waals surface area (Å²) in [6, 6.07) is 6.44. The lowest BCUT2D eigenvalue weighted by molar-refractivity contribution is -0.143. The number of hydrogen-bond acceptors (Lipinski definition) is 7. The van der Waals surface area contributed by atoms with Gasteiger partial charge in [0.05, 0.1) is 16.1 Å². The van der Waals surface area contributed by atoms with E-state index in [0.717, 1.165) is 53.1 Å². The first-order valence-corrected chi connectivity index (χ1v) is 16.8. The van der Waals surface area contributed by atoms with E-state index in [1.165, 1.54) is 0 Å². The van der Waals surface area contributed by atoms with Crippen LogP contribution in [0, 0.1) is 6.92 Å². The van der Waals surface area contributed by atoms with E-state index < -0.39 is 28.4 Å². The summed E-state index contributed by atoms with van der Waals surface area (Å²) < 4.78 is 14.0. The van der Waals surface area contributed by atoms with E-state index in [0.29, 0.717) is 32.5 Å². The van der Waals surface area contributed by atoms with Crippen molar-refractivity contribution >= 4 is 40.8 Å². The molecule has 230 valence electrons. The maximum absolute atomic E-state index is 14.7. The summed E-state index contributed by atoms with van der Waals surface area (Å²) in [5, 5.41) is 5.76. The Bertz CT molecular complexity index is 1230. The van der Waals surface area contributed by atoms with Crippen LogP contribution in [0.15, 0.2) is 29.8 Å². The molecule has 3 amide bonds. The van der Waals surface area contributed by atoms with Gasteiger partial charge in [-0.05, 0) is 82.7 Å². The number of thioether (sulfide) groups is 1. The molecular weight excluding hydrogens is 574 g/mol. The Morgan fingerprint density at radius 2 is 1.90 bits per heavy atom. The number of alkyl halides is 1. The molecule has 1 aromatic carbocycles. The standard InChI is InChI=1S/C31H44FN5O3S2/c1-21-25(41-20-35-21)23-12-10-22(11-13-23)19-34-27(38)24-9-8-17-37(24)28(39)26(36-29(40)31(32)14-15-31)30(2,3)42-18-7-5-4-6-16-33/h10-13,20,24,26H,4-9,14-19,33H2,1-3H3,(H,34,38)(H,36,40). The van der Waals surface area contributed by atoms with Crippen molar-refractivity contribution in [2.24, 2.45) is 5.73 Å². The fourth-order valence-electron chi connectivity index (χ4n) is 5.28. The Morgan fingerprint density at radius 1 is 1.19 bits per heavy atom. The molecule has 42 heavy (non-hydrogen) atoms. The topological polar surface area (TPSA) is 117 Å². The largest absolute Gasteiger partial charge is 0.350 e. The molecule has 2 aromatic rings. The molecule has 0 radical (unpaired) electrons. The van der Waals surface area contributed by atoms with E-state index in [1.54, 1.807) is 28.0 Å². The molecule has 4 N–H and O–H groups in total. The van der Waals surface area contributed by atoms with E-state index in [2.05, 4.69) is 15.6 Å². The quantitative estimate of drug-likeness (QED) is 0.249. The molecule has 1 saturated heterocycles. The van der Waals surface area contributed by atoms with Crippen LogP contribution in [0.2, 0.25) is 0 Å². The number of aromatic nitrogens is 1. The Balaban J connectivity index is 1.39. The van der Waals surface area contributed by atoms with Crippen molar-refractivity contribution in [2.75, 3.05) is 18.8 Å². The number of amides is 3. The van der Waals surface area contributed by atoms with Crippen LogP contribution < -0.4 is 16.4 Å². The van der Waals surface area contributed by atoms with E-state index in [4.69, 9.17) is 5.73 Å². The number of nitrogens with zero attached hydrogens (tertiary/aromatic N) is 2. The number of likely N-dealkylation sites (tertiary alicyclic amines) is 1. The third-order valence-electron chi connectivity index (χ3n) is 8.15. The third kappa shape index (κ3) is 8.11. The molecule has 2 fully saturated rings. The van der Waals surface area contributed by atoms with Gasteiger partial charge in [0.25, 0.3) is 5.91 Å². The normalized spacial score (nSPS) is 18.5. The highest BCUT2D eigenvalue weighted by molar-refractivity contribution is 8.00. The number of nitrogens with two attached hydrogens (primary N) is 1. The molecule has 0 spiro atoms. The highest BCUT2D eigenvalue weighted by Crippen LogP contribution is 2.41. The van der Waals surface area contributed by atoms with Crippen LogP contribution in [-0.4, -0.2) is 68.9 Å². The fourth-order valence-corrected chi connectivity index (χ4v) is 7.29. The summed E-state index contributed by atoms with van der Waals surface area (Å²) in [6.07, 6.45) is 5.64. The van der Waals surface area contributed by atoms with Crippen molar-refractivity contribution in [3.8, 4) is 10.4 Å². The van der Waals surface area contributed by atoms with Crippen molar-refractivity contribution in [2.45, 2.75) is 101 Å². The lowest BCUT2D eigenvalue weighted by atomic mass is 10.00. The Labute approximate surface area is 256 Å². The number of nitrogens with one attached hydrogen (secondary N) is 2. The summed E-state index contributed by atoms with van der Waals surface area (Å²) in [6.45, 7) is 7.26. The van der Waals surface area contributed by atoms with Crippen LogP contribution in [0.3, 0.4) is 0 Å². The molecular formula is C31H44FN5O3S2. The number of unbranched alkanes of at least 4 members (excludes halogenated alkanes) is 3. The summed E-state index contributed by atoms with van der Waals surface area (Å²) >= 11 is 3.20. The molecule has 2 unspecified atom stereocenters. The average molecular weight is 618 g/mol. The monoisotopic (exact) mass is 617 g/mol. The number of halogens is 1. The molecule has 2 heterocycles. The second-order valence-corrected chi connectivity index (χ2v) is 14.5. The molecule has 4 rings (SSSR count). The zero-order valence-corrected chi connectivity index (χ0v) is 26.6. The Kier molecular flexibility index (Phi) is 11.0. The van der Waals surface area contributed by atoms with Crippen molar-refractivity contribution in [3.63, 3.8) is 0 Å². The molecule has 1 saturated carbocycles. The Morgan fingerprint density at radius 3 is 2.55 bits per heavy atom. The van der Waals surface area contributed by atoms with Crippen LogP contribution in [-0.2, 0) is 20.9 Å². The minimum atomic E-state index is -1.89. The van der Waals surface area contributed by atoms with Gasteiger partial charge in [0.15, 0.2) is 5.67 Å². The number of hydrogen-bond donors (Lipinski definition) is 3. The maximum Gasteiger partial charge on any atom is 0.258 e. The van der Waals surface area contributed by atoms with Crippen molar-refractivity contribution in [3.05, 3.63) is 41.0 Å². The van der Waals surface area contributed by atoms with Gasteiger partial charge < -0.3 is 21.3 Å². The smallest absolute Gasteiger partial charge is 0.258 e. The lowest BCUT2D eigenvalue weighted by Crippen LogP contribution is -2.60. The molecule has 2 aliphatic rings. The number of thiazole rings is 1. The molecule has 1 aliphatic carbocycles. The molecule has 1 aliphatic heterocycles. The van der Waals surface area contributed by atoms with E-state index in [1.807, 2.05) is 50.5 Å². The predicted molar refractivity (Wildman–Crippen MR) is 168 cm³/mol. The molecule has 11 heteroatoms. The van der Waals surface area contributed by atoms with Gasteiger partial charge in [0.2, 0.25) is 11.8 Å². The first kappa shape index (κ1) is 32.4. The summed E-state index contributed by atoms with van der Waals surface area (Å²) in [7, 11) is 0. The van der Waals surface area contributed by atoms with Gasteiger partial charge in [-0.25, -0.2) is 9.37 Å². The summed E-state index contributed by atoms with van der Waals surface area (Å²) in [4.78, 5) is 47.1. The minimum Gasteiger partial charge on any atom is -0.350 e. The van der Waals surface area contributed by atoms with Gasteiger partial charge in [-0.1, -0.05) is 37.1 Å². The van der Waals surface area contributed by atoms with E-state index in [-0.39, 0.29) is 24.7 Å². The van der Waals surface area contributed by atoms with E-state index in [9.17, 15) is 18.8 Å². The molecule has 0 bridgehead atoms. The maximum atomic E-state index is 14.7. The second kappa shape index (κ2) is 14.3. The van der Waals surface area contributed by atoms with Gasteiger partial charge in [-0.3, -0.25) is 14.4 Å².